The second-order valence-corrected chi connectivity index (χ2v) is 7.57. The van der Waals surface area contributed by atoms with Crippen LogP contribution in [0, 0.1) is 0 Å². The van der Waals surface area contributed by atoms with Crippen molar-refractivity contribution in [3.63, 3.8) is 0 Å². The molecule has 1 aliphatic heterocycles. The number of hydrogen-bond acceptors (Lipinski definition) is 6. The number of nitrogen functional groups attached to an aromatic ring is 1. The molecule has 0 spiro atoms. The molecule has 2 aromatic rings. The van der Waals surface area contributed by atoms with Crippen molar-refractivity contribution in [3.8, 4) is 5.75 Å². The van der Waals surface area contributed by atoms with Gasteiger partial charge in [-0.3, -0.25) is 4.72 Å². The highest BCUT2D eigenvalue weighted by Crippen LogP contribution is 2.39. The monoisotopic (exact) mass is 402 g/mol. The van der Waals surface area contributed by atoms with Crippen LogP contribution >= 0.6 is 0 Å². The van der Waals surface area contributed by atoms with Crippen LogP contribution in [0.4, 0.5) is 24.5 Å². The molecule has 0 radical (unpaired) electrons. The molecule has 11 heteroatoms. The first kappa shape index (κ1) is 19.3. The highest BCUT2D eigenvalue weighted by atomic mass is 32.2. The summed E-state index contributed by atoms with van der Waals surface area (Å²) < 4.78 is 72.1. The van der Waals surface area contributed by atoms with E-state index in [-0.39, 0.29) is 27.6 Å². The van der Waals surface area contributed by atoms with Crippen LogP contribution in [0.15, 0.2) is 47.4 Å². The maximum atomic E-state index is 13.2. The largest absolute Gasteiger partial charge is 0.495 e. The zero-order valence-corrected chi connectivity index (χ0v) is 14.9. The summed E-state index contributed by atoms with van der Waals surface area (Å²) in [5.41, 5.74) is 10.8. The SMILES string of the molecule is COc1ccc(N)cc1S(=O)(=O)Nc1ccc(C(C2NN2)C(F)(F)F)cc1. The molecule has 1 atom stereocenters. The summed E-state index contributed by atoms with van der Waals surface area (Å²) in [5.74, 6) is -1.64. The molecule has 1 aliphatic rings. The normalized spacial score (nSPS) is 16.0. The quantitative estimate of drug-likeness (QED) is 0.433. The molecular weight excluding hydrogens is 385 g/mol. The maximum absolute atomic E-state index is 13.2. The van der Waals surface area contributed by atoms with Crippen molar-refractivity contribution < 1.29 is 26.3 Å². The molecule has 1 unspecified atom stereocenters. The lowest BCUT2D eigenvalue weighted by atomic mass is 9.97. The Bertz CT molecular complexity index is 929. The van der Waals surface area contributed by atoms with Gasteiger partial charge in [-0.25, -0.2) is 19.3 Å². The number of benzene rings is 2. The molecular formula is C16H17F3N4O3S. The Labute approximate surface area is 153 Å². The number of rotatable bonds is 6. The van der Waals surface area contributed by atoms with E-state index in [9.17, 15) is 21.6 Å². The molecule has 1 saturated heterocycles. The van der Waals surface area contributed by atoms with Crippen LogP contribution < -0.4 is 26.0 Å². The van der Waals surface area contributed by atoms with Crippen LogP contribution in [0.25, 0.3) is 0 Å². The number of alkyl halides is 3. The van der Waals surface area contributed by atoms with Crippen LogP contribution in [0.2, 0.25) is 0 Å². The topological polar surface area (TPSA) is 125 Å². The number of methoxy groups -OCH3 is 1. The van der Waals surface area contributed by atoms with E-state index in [1.807, 2.05) is 0 Å². The molecule has 0 saturated carbocycles. The molecule has 146 valence electrons. The Morgan fingerprint density at radius 1 is 1.15 bits per heavy atom. The lowest BCUT2D eigenvalue weighted by molar-refractivity contribution is -0.150. The number of ether oxygens (including phenoxy) is 1. The van der Waals surface area contributed by atoms with Gasteiger partial charge in [0.2, 0.25) is 0 Å². The van der Waals surface area contributed by atoms with E-state index in [1.54, 1.807) is 0 Å². The average molecular weight is 402 g/mol. The van der Waals surface area contributed by atoms with Crippen molar-refractivity contribution in [2.45, 2.75) is 23.2 Å². The van der Waals surface area contributed by atoms with Crippen LogP contribution in [0.1, 0.15) is 11.5 Å². The van der Waals surface area contributed by atoms with Gasteiger partial charge in [-0.15, -0.1) is 0 Å². The number of sulfonamides is 1. The molecule has 0 aromatic heterocycles. The molecule has 3 rings (SSSR count). The van der Waals surface area contributed by atoms with Gasteiger partial charge in [-0.2, -0.15) is 13.2 Å². The minimum Gasteiger partial charge on any atom is -0.495 e. The van der Waals surface area contributed by atoms with Crippen molar-refractivity contribution in [1.82, 2.24) is 10.9 Å². The van der Waals surface area contributed by atoms with E-state index in [2.05, 4.69) is 15.6 Å². The van der Waals surface area contributed by atoms with Gasteiger partial charge in [0.1, 0.15) is 16.6 Å². The number of nitrogens with one attached hydrogen (secondary N) is 3. The van der Waals surface area contributed by atoms with Crippen LogP contribution in [-0.4, -0.2) is 27.9 Å². The molecule has 2 aromatic carbocycles. The third-order valence-corrected chi connectivity index (χ3v) is 5.40. The van der Waals surface area contributed by atoms with Gasteiger partial charge in [-0.05, 0) is 35.9 Å². The molecule has 7 nitrogen and oxygen atoms in total. The summed E-state index contributed by atoms with van der Waals surface area (Å²) in [6.07, 6.45) is -5.35. The predicted molar refractivity (Wildman–Crippen MR) is 93.5 cm³/mol. The molecule has 5 N–H and O–H groups in total. The maximum Gasteiger partial charge on any atom is 0.398 e. The Kier molecular flexibility index (Phi) is 4.93. The second kappa shape index (κ2) is 6.91. The first-order chi connectivity index (χ1) is 12.6. The molecule has 0 amide bonds. The van der Waals surface area contributed by atoms with Crippen LogP contribution in [0.5, 0.6) is 5.75 Å². The summed E-state index contributed by atoms with van der Waals surface area (Å²) in [6, 6.07) is 9.14. The molecule has 1 fully saturated rings. The third kappa shape index (κ3) is 4.26. The van der Waals surface area contributed by atoms with Gasteiger partial charge < -0.3 is 10.5 Å². The first-order valence-electron chi connectivity index (χ1n) is 7.76. The first-order valence-corrected chi connectivity index (χ1v) is 9.24. The fourth-order valence-electron chi connectivity index (χ4n) is 2.66. The second-order valence-electron chi connectivity index (χ2n) is 5.92. The Balaban J connectivity index is 1.85. The minimum atomic E-state index is -4.45. The summed E-state index contributed by atoms with van der Waals surface area (Å²) in [4.78, 5) is -0.173. The van der Waals surface area contributed by atoms with E-state index in [0.717, 1.165) is 0 Å². The summed E-state index contributed by atoms with van der Waals surface area (Å²) in [7, 11) is -2.73. The lowest BCUT2D eigenvalue weighted by Crippen LogP contribution is -2.27. The number of nitrogens with two attached hydrogens (primary N) is 1. The van der Waals surface area contributed by atoms with E-state index < -0.39 is 28.3 Å². The van der Waals surface area contributed by atoms with Gasteiger partial charge >= 0.3 is 6.18 Å². The van der Waals surface area contributed by atoms with Crippen molar-refractivity contribution in [1.29, 1.82) is 0 Å². The number of hydrogen-bond donors (Lipinski definition) is 4. The zero-order chi connectivity index (χ0) is 19.8. The van der Waals surface area contributed by atoms with Gasteiger partial charge in [0.25, 0.3) is 10.0 Å². The number of halogens is 3. The summed E-state index contributed by atoms with van der Waals surface area (Å²) in [5, 5.41) is 0. The van der Waals surface area contributed by atoms with Crippen LogP contribution in [0.3, 0.4) is 0 Å². The lowest BCUT2D eigenvalue weighted by Gasteiger charge is -2.19. The van der Waals surface area contributed by atoms with E-state index in [1.165, 1.54) is 49.6 Å². The minimum absolute atomic E-state index is 0.00878. The summed E-state index contributed by atoms with van der Waals surface area (Å²) in [6.45, 7) is 0. The fraction of sp³-hybridized carbons (Fsp3) is 0.250. The standard InChI is InChI=1S/C16H17F3N4O3S/c1-26-12-7-4-10(20)8-13(12)27(24,25)23-11-5-2-9(3-6-11)14(15-21-22-15)16(17,18)19/h2-8,14-15,21-23H,20H2,1H3. The van der Waals surface area contributed by atoms with Gasteiger partial charge in [-0.1, -0.05) is 12.1 Å². The van der Waals surface area contributed by atoms with Crippen molar-refractivity contribution in [3.05, 3.63) is 48.0 Å². The van der Waals surface area contributed by atoms with Crippen LogP contribution in [-0.2, 0) is 10.0 Å². The number of hydrazine groups is 1. The Hall–Kier alpha value is -2.50. The van der Waals surface area contributed by atoms with Gasteiger partial charge in [0, 0.05) is 11.4 Å². The smallest absolute Gasteiger partial charge is 0.398 e. The molecule has 0 bridgehead atoms. The molecule has 27 heavy (non-hydrogen) atoms. The zero-order valence-electron chi connectivity index (χ0n) is 14.0. The van der Waals surface area contributed by atoms with Gasteiger partial charge in [0.15, 0.2) is 0 Å². The van der Waals surface area contributed by atoms with Crippen molar-refractivity contribution >= 4 is 21.4 Å². The Morgan fingerprint density at radius 2 is 1.78 bits per heavy atom. The van der Waals surface area contributed by atoms with E-state index in [4.69, 9.17) is 10.5 Å². The van der Waals surface area contributed by atoms with Gasteiger partial charge in [0.05, 0.1) is 13.3 Å². The molecule has 1 heterocycles. The molecule has 0 aliphatic carbocycles. The van der Waals surface area contributed by atoms with E-state index >= 15 is 0 Å². The highest BCUT2D eigenvalue weighted by molar-refractivity contribution is 7.92. The average Bonchev–Trinajstić information content (AvgIpc) is 3.40. The number of anilines is 2. The highest BCUT2D eigenvalue weighted by Gasteiger charge is 2.49. The predicted octanol–water partition coefficient (Wildman–Crippen LogP) is 2.16. The van der Waals surface area contributed by atoms with Crippen molar-refractivity contribution in [2.24, 2.45) is 0 Å². The fourth-order valence-corrected chi connectivity index (χ4v) is 3.92. The van der Waals surface area contributed by atoms with Crippen molar-refractivity contribution in [2.75, 3.05) is 17.6 Å². The third-order valence-electron chi connectivity index (χ3n) is 4.00. The Morgan fingerprint density at radius 3 is 2.30 bits per heavy atom. The van der Waals surface area contributed by atoms with E-state index in [0.29, 0.717) is 0 Å². The summed E-state index contributed by atoms with van der Waals surface area (Å²) >= 11 is 0.